The summed E-state index contributed by atoms with van der Waals surface area (Å²) in [5.41, 5.74) is 0. The second kappa shape index (κ2) is 9.29. The number of amides is 2. The molecule has 0 radical (unpaired) electrons. The molecule has 152 valence electrons. The Hall–Kier alpha value is -2.56. The average Bonchev–Trinajstić information content (AvgIpc) is 3.50. The number of nitrogens with zero attached hydrogens (tertiary/aromatic N) is 4. The molecule has 29 heavy (non-hydrogen) atoms. The zero-order chi connectivity index (χ0) is 20.1. The highest BCUT2D eigenvalue weighted by Crippen LogP contribution is 2.21. The Labute approximate surface area is 176 Å². The summed E-state index contributed by atoms with van der Waals surface area (Å²) in [5, 5.41) is 10.7. The molecule has 0 saturated carbocycles. The van der Waals surface area contributed by atoms with Crippen LogP contribution >= 0.6 is 22.7 Å². The predicted octanol–water partition coefficient (Wildman–Crippen LogP) is 2.32. The molecule has 3 aromatic heterocycles. The molecule has 10 heteroatoms. The van der Waals surface area contributed by atoms with Gasteiger partial charge in [-0.05, 0) is 22.9 Å². The summed E-state index contributed by atoms with van der Waals surface area (Å²) in [6.45, 7) is 3.75. The fourth-order valence-corrected chi connectivity index (χ4v) is 4.40. The molecule has 0 atom stereocenters. The highest BCUT2D eigenvalue weighted by atomic mass is 32.1. The minimum absolute atomic E-state index is 0.0638. The molecule has 0 unspecified atom stereocenters. The molecule has 4 heterocycles. The van der Waals surface area contributed by atoms with E-state index in [1.54, 1.807) is 17.4 Å². The molecule has 0 aromatic carbocycles. The smallest absolute Gasteiger partial charge is 0.261 e. The van der Waals surface area contributed by atoms with Gasteiger partial charge in [-0.1, -0.05) is 17.3 Å². The summed E-state index contributed by atoms with van der Waals surface area (Å²) in [6, 6.07) is 7.53. The van der Waals surface area contributed by atoms with Crippen LogP contribution in [0.25, 0.3) is 10.7 Å². The van der Waals surface area contributed by atoms with Crippen LogP contribution in [0, 0.1) is 0 Å². The molecule has 0 bridgehead atoms. The third kappa shape index (κ3) is 5.08. The molecule has 8 nitrogen and oxygen atoms in total. The van der Waals surface area contributed by atoms with Crippen molar-refractivity contribution in [2.75, 3.05) is 32.7 Å². The standard InChI is InChI=1S/C19H21N5O3S2/c25-17(5-6-20-19(26)15-4-2-12-29-15)24-9-7-23(8-10-24)13-16-21-18(22-27-16)14-3-1-11-28-14/h1-4,11-12H,5-10,13H2,(H,20,26). The normalized spacial score (nSPS) is 14.8. The number of nitrogens with one attached hydrogen (secondary N) is 1. The first-order chi connectivity index (χ1) is 14.2. The fourth-order valence-electron chi connectivity index (χ4n) is 3.11. The van der Waals surface area contributed by atoms with Gasteiger partial charge in [0.1, 0.15) is 0 Å². The van der Waals surface area contributed by atoms with E-state index < -0.39 is 0 Å². The highest BCUT2D eigenvalue weighted by molar-refractivity contribution is 7.13. The van der Waals surface area contributed by atoms with Crippen molar-refractivity contribution >= 4 is 34.5 Å². The highest BCUT2D eigenvalue weighted by Gasteiger charge is 2.22. The Bertz CT molecular complexity index is 931. The Kier molecular flexibility index (Phi) is 6.33. The summed E-state index contributed by atoms with van der Waals surface area (Å²) in [6.07, 6.45) is 0.310. The molecule has 0 spiro atoms. The van der Waals surface area contributed by atoms with E-state index in [0.717, 1.165) is 18.0 Å². The van der Waals surface area contributed by atoms with Crippen LogP contribution in [0.1, 0.15) is 22.0 Å². The fraction of sp³-hybridized carbons (Fsp3) is 0.368. The van der Waals surface area contributed by atoms with Crippen LogP contribution in [0.2, 0.25) is 0 Å². The topological polar surface area (TPSA) is 91.6 Å². The van der Waals surface area contributed by atoms with Crippen LogP contribution < -0.4 is 5.32 Å². The van der Waals surface area contributed by atoms with E-state index in [1.165, 1.54) is 11.3 Å². The van der Waals surface area contributed by atoms with Gasteiger partial charge in [0.15, 0.2) is 0 Å². The van der Waals surface area contributed by atoms with Gasteiger partial charge in [0.05, 0.1) is 16.3 Å². The van der Waals surface area contributed by atoms with Crippen molar-refractivity contribution < 1.29 is 14.1 Å². The third-order valence-electron chi connectivity index (χ3n) is 4.66. The van der Waals surface area contributed by atoms with E-state index >= 15 is 0 Å². The second-order valence-electron chi connectivity index (χ2n) is 6.63. The molecule has 2 amide bonds. The van der Waals surface area contributed by atoms with Gasteiger partial charge < -0.3 is 14.7 Å². The number of carbonyl (C=O) groups is 2. The maximum atomic E-state index is 12.4. The van der Waals surface area contributed by atoms with Gasteiger partial charge in [0.2, 0.25) is 17.6 Å². The van der Waals surface area contributed by atoms with Gasteiger partial charge in [-0.25, -0.2) is 0 Å². The molecule has 1 saturated heterocycles. The number of piperazine rings is 1. The molecule has 3 aromatic rings. The van der Waals surface area contributed by atoms with Crippen LogP contribution in [0.3, 0.4) is 0 Å². The summed E-state index contributed by atoms with van der Waals surface area (Å²) < 4.78 is 5.36. The minimum Gasteiger partial charge on any atom is -0.351 e. The van der Waals surface area contributed by atoms with Crippen molar-refractivity contribution in [1.82, 2.24) is 25.3 Å². The zero-order valence-corrected chi connectivity index (χ0v) is 17.4. The Morgan fingerprint density at radius 1 is 1.10 bits per heavy atom. The predicted molar refractivity (Wildman–Crippen MR) is 111 cm³/mol. The first-order valence-corrected chi connectivity index (χ1v) is 11.1. The van der Waals surface area contributed by atoms with Gasteiger partial charge in [-0.15, -0.1) is 22.7 Å². The second-order valence-corrected chi connectivity index (χ2v) is 8.52. The van der Waals surface area contributed by atoms with Gasteiger partial charge >= 0.3 is 0 Å². The van der Waals surface area contributed by atoms with Crippen LogP contribution in [-0.2, 0) is 11.3 Å². The number of carbonyl (C=O) groups excluding carboxylic acids is 2. The van der Waals surface area contributed by atoms with Crippen molar-refractivity contribution in [2.24, 2.45) is 0 Å². The molecule has 1 fully saturated rings. The van der Waals surface area contributed by atoms with E-state index in [9.17, 15) is 9.59 Å². The number of thiophene rings is 2. The van der Waals surface area contributed by atoms with E-state index in [4.69, 9.17) is 4.52 Å². The number of aromatic nitrogens is 2. The summed E-state index contributed by atoms with van der Waals surface area (Å²) in [4.78, 5) is 34.4. The monoisotopic (exact) mass is 431 g/mol. The lowest BCUT2D eigenvalue weighted by Gasteiger charge is -2.34. The first-order valence-electron chi connectivity index (χ1n) is 9.37. The van der Waals surface area contributed by atoms with Gasteiger partial charge in [0, 0.05) is 39.1 Å². The number of hydrogen-bond donors (Lipinski definition) is 1. The molecule has 1 N–H and O–H groups in total. The lowest BCUT2D eigenvalue weighted by Crippen LogP contribution is -2.48. The van der Waals surface area contributed by atoms with Gasteiger partial charge in [-0.3, -0.25) is 14.5 Å². The molecular formula is C19H21N5O3S2. The maximum absolute atomic E-state index is 12.4. The average molecular weight is 432 g/mol. The van der Waals surface area contributed by atoms with Gasteiger partial charge in [-0.2, -0.15) is 4.98 Å². The molecule has 1 aliphatic heterocycles. The van der Waals surface area contributed by atoms with Crippen LogP contribution in [0.4, 0.5) is 0 Å². The summed E-state index contributed by atoms with van der Waals surface area (Å²) in [7, 11) is 0. The van der Waals surface area contributed by atoms with Crippen molar-refractivity contribution in [3.8, 4) is 10.7 Å². The Morgan fingerprint density at radius 2 is 1.90 bits per heavy atom. The van der Waals surface area contributed by atoms with E-state index in [-0.39, 0.29) is 11.8 Å². The number of rotatable bonds is 7. The largest absolute Gasteiger partial charge is 0.351 e. The van der Waals surface area contributed by atoms with Crippen molar-refractivity contribution in [2.45, 2.75) is 13.0 Å². The molecule has 1 aliphatic rings. The lowest BCUT2D eigenvalue weighted by atomic mass is 10.2. The Balaban J connectivity index is 1.18. The third-order valence-corrected chi connectivity index (χ3v) is 6.40. The molecule has 0 aliphatic carbocycles. The van der Waals surface area contributed by atoms with E-state index in [2.05, 4.69) is 20.4 Å². The number of hydrogen-bond acceptors (Lipinski definition) is 8. The van der Waals surface area contributed by atoms with Crippen molar-refractivity contribution in [3.05, 3.63) is 45.8 Å². The Morgan fingerprint density at radius 3 is 2.62 bits per heavy atom. The van der Waals surface area contributed by atoms with Crippen molar-refractivity contribution in [1.29, 1.82) is 0 Å². The lowest BCUT2D eigenvalue weighted by molar-refractivity contribution is -0.132. The van der Waals surface area contributed by atoms with E-state index in [1.807, 2.05) is 33.9 Å². The van der Waals surface area contributed by atoms with Gasteiger partial charge in [0.25, 0.3) is 5.91 Å². The molecule has 4 rings (SSSR count). The van der Waals surface area contributed by atoms with Crippen molar-refractivity contribution in [3.63, 3.8) is 0 Å². The summed E-state index contributed by atoms with van der Waals surface area (Å²) in [5.74, 6) is 1.14. The molecular weight excluding hydrogens is 410 g/mol. The SMILES string of the molecule is O=C(NCCC(=O)N1CCN(Cc2nc(-c3cccs3)no2)CC1)c1cccs1. The van der Waals surface area contributed by atoms with E-state index in [0.29, 0.717) is 49.2 Å². The minimum atomic E-state index is -0.126. The quantitative estimate of drug-likeness (QED) is 0.617. The summed E-state index contributed by atoms with van der Waals surface area (Å²) >= 11 is 2.97. The zero-order valence-electron chi connectivity index (χ0n) is 15.7. The first kappa shape index (κ1) is 19.7. The van der Waals surface area contributed by atoms with Crippen LogP contribution in [0.5, 0.6) is 0 Å². The maximum Gasteiger partial charge on any atom is 0.261 e. The van der Waals surface area contributed by atoms with Crippen LogP contribution in [0.15, 0.2) is 39.5 Å². The van der Waals surface area contributed by atoms with Crippen LogP contribution in [-0.4, -0.2) is 64.5 Å².